The Kier molecular flexibility index (Phi) is 17.0. The van der Waals surface area contributed by atoms with Gasteiger partial charge in [-0.15, -0.1) is 0 Å². The van der Waals surface area contributed by atoms with Gasteiger partial charge in [0, 0.05) is 12.2 Å². The number of nitrogens with two attached hydrogens (primary N) is 1. The van der Waals surface area contributed by atoms with Crippen molar-refractivity contribution in [3.8, 4) is 0 Å². The number of carbonyl (C=O) groups excluding carboxylic acids is 2. The first-order valence-electron chi connectivity index (χ1n) is 9.81. The summed E-state index contributed by atoms with van der Waals surface area (Å²) in [5, 5.41) is 0. The standard InChI is InChI=1S/C20H37NO3/c1-2-3-4-5-6-7-8-9-10-11-12-13-14-15-18-24-20(23)17-16-19(21)22/h16-17H,2-15,18H2,1H3,(H2,21,22)/b17-16-. The minimum absolute atomic E-state index is 0.417. The molecule has 4 nitrogen and oxygen atoms in total. The largest absolute Gasteiger partial charge is 0.463 e. The van der Waals surface area contributed by atoms with Crippen LogP contribution >= 0.6 is 0 Å². The van der Waals surface area contributed by atoms with Gasteiger partial charge in [-0.2, -0.15) is 0 Å². The molecular formula is C20H37NO3. The predicted molar refractivity (Wildman–Crippen MR) is 99.6 cm³/mol. The zero-order chi connectivity index (χ0) is 17.9. The summed E-state index contributed by atoms with van der Waals surface area (Å²) < 4.78 is 4.97. The molecule has 0 spiro atoms. The Morgan fingerprint density at radius 1 is 0.708 bits per heavy atom. The summed E-state index contributed by atoms with van der Waals surface area (Å²) in [7, 11) is 0. The first-order chi connectivity index (χ1) is 11.7. The highest BCUT2D eigenvalue weighted by Crippen LogP contribution is 2.12. The first-order valence-corrected chi connectivity index (χ1v) is 9.81. The predicted octanol–water partition coefficient (Wildman–Crippen LogP) is 5.05. The highest BCUT2D eigenvalue weighted by molar-refractivity contribution is 5.93. The van der Waals surface area contributed by atoms with Gasteiger partial charge in [-0.1, -0.05) is 90.4 Å². The molecule has 0 heterocycles. The number of ether oxygens (including phenoxy) is 1. The zero-order valence-electron chi connectivity index (χ0n) is 15.6. The topological polar surface area (TPSA) is 69.4 Å². The number of hydrogen-bond donors (Lipinski definition) is 1. The quantitative estimate of drug-likeness (QED) is 0.229. The van der Waals surface area contributed by atoms with Gasteiger partial charge in [-0.25, -0.2) is 4.79 Å². The Hall–Kier alpha value is -1.32. The van der Waals surface area contributed by atoms with Crippen molar-refractivity contribution in [2.24, 2.45) is 5.73 Å². The molecule has 0 saturated carbocycles. The molecule has 0 radical (unpaired) electrons. The van der Waals surface area contributed by atoms with E-state index in [2.05, 4.69) is 6.92 Å². The van der Waals surface area contributed by atoms with Crippen LogP contribution in [0.2, 0.25) is 0 Å². The molecule has 0 aromatic carbocycles. The van der Waals surface area contributed by atoms with Crippen LogP contribution in [-0.2, 0) is 14.3 Å². The SMILES string of the molecule is CCCCCCCCCCCCCCCCOC(=O)/C=C\C(N)=O. The van der Waals surface area contributed by atoms with E-state index in [4.69, 9.17) is 10.5 Å². The average molecular weight is 340 g/mol. The van der Waals surface area contributed by atoms with Crippen LogP contribution in [0.1, 0.15) is 96.8 Å². The van der Waals surface area contributed by atoms with Gasteiger partial charge in [0.1, 0.15) is 0 Å². The van der Waals surface area contributed by atoms with Gasteiger partial charge in [0.15, 0.2) is 0 Å². The third-order valence-electron chi connectivity index (χ3n) is 4.13. The van der Waals surface area contributed by atoms with Gasteiger partial charge in [0.2, 0.25) is 5.91 Å². The summed E-state index contributed by atoms with van der Waals surface area (Å²) in [5.74, 6) is -1.13. The van der Waals surface area contributed by atoms with E-state index in [0.717, 1.165) is 25.0 Å². The molecule has 24 heavy (non-hydrogen) atoms. The minimum Gasteiger partial charge on any atom is -0.463 e. The maximum Gasteiger partial charge on any atom is 0.330 e. The van der Waals surface area contributed by atoms with Crippen molar-refractivity contribution in [3.05, 3.63) is 12.2 Å². The fourth-order valence-corrected chi connectivity index (χ4v) is 2.67. The lowest BCUT2D eigenvalue weighted by Crippen LogP contribution is -2.08. The van der Waals surface area contributed by atoms with Gasteiger partial charge in [0.25, 0.3) is 0 Å². The molecule has 0 aliphatic rings. The third kappa shape index (κ3) is 18.7. The van der Waals surface area contributed by atoms with E-state index >= 15 is 0 Å². The number of carbonyl (C=O) groups is 2. The first kappa shape index (κ1) is 22.7. The molecule has 0 rings (SSSR count). The highest BCUT2D eigenvalue weighted by Gasteiger charge is 1.98. The van der Waals surface area contributed by atoms with E-state index in [-0.39, 0.29) is 0 Å². The maximum atomic E-state index is 11.2. The zero-order valence-corrected chi connectivity index (χ0v) is 15.6. The van der Waals surface area contributed by atoms with Crippen LogP contribution in [0, 0.1) is 0 Å². The van der Waals surface area contributed by atoms with E-state index in [1.807, 2.05) is 0 Å². The maximum absolute atomic E-state index is 11.2. The number of unbranched alkanes of at least 4 members (excludes halogenated alkanes) is 13. The van der Waals surface area contributed by atoms with Crippen molar-refractivity contribution in [1.82, 2.24) is 0 Å². The lowest BCUT2D eigenvalue weighted by Gasteiger charge is -2.04. The summed E-state index contributed by atoms with van der Waals surface area (Å²) in [5.41, 5.74) is 4.89. The number of hydrogen-bond acceptors (Lipinski definition) is 3. The number of esters is 1. The lowest BCUT2D eigenvalue weighted by molar-refractivity contribution is -0.138. The van der Waals surface area contributed by atoms with Gasteiger partial charge >= 0.3 is 5.97 Å². The molecule has 0 aromatic heterocycles. The van der Waals surface area contributed by atoms with Crippen LogP contribution in [0.3, 0.4) is 0 Å². The van der Waals surface area contributed by atoms with Crippen molar-refractivity contribution in [2.45, 2.75) is 96.8 Å². The van der Waals surface area contributed by atoms with Gasteiger partial charge < -0.3 is 10.5 Å². The van der Waals surface area contributed by atoms with Gasteiger partial charge in [-0.05, 0) is 6.42 Å². The van der Waals surface area contributed by atoms with Gasteiger partial charge in [-0.3, -0.25) is 4.79 Å². The molecule has 0 aromatic rings. The fraction of sp³-hybridized carbons (Fsp3) is 0.800. The smallest absolute Gasteiger partial charge is 0.330 e. The normalized spacial score (nSPS) is 11.0. The number of primary amides is 1. The van der Waals surface area contributed by atoms with E-state index in [1.54, 1.807) is 0 Å². The molecule has 0 unspecified atom stereocenters. The molecule has 0 aliphatic carbocycles. The minimum atomic E-state index is -0.636. The molecule has 0 saturated heterocycles. The Balaban J connectivity index is 3.15. The molecular weight excluding hydrogens is 302 g/mol. The summed E-state index contributed by atoms with van der Waals surface area (Å²) in [6.45, 7) is 2.68. The molecule has 0 bridgehead atoms. The van der Waals surface area contributed by atoms with Crippen molar-refractivity contribution in [2.75, 3.05) is 6.61 Å². The Morgan fingerprint density at radius 3 is 1.54 bits per heavy atom. The second kappa shape index (κ2) is 18.0. The van der Waals surface area contributed by atoms with Crippen molar-refractivity contribution >= 4 is 11.9 Å². The van der Waals surface area contributed by atoms with E-state index in [1.165, 1.54) is 77.0 Å². The average Bonchev–Trinajstić information content (AvgIpc) is 2.56. The van der Waals surface area contributed by atoms with E-state index < -0.39 is 11.9 Å². The van der Waals surface area contributed by atoms with Crippen LogP contribution in [-0.4, -0.2) is 18.5 Å². The highest BCUT2D eigenvalue weighted by atomic mass is 16.5. The molecule has 1 amide bonds. The van der Waals surface area contributed by atoms with E-state index in [0.29, 0.717) is 6.61 Å². The summed E-state index contributed by atoms with van der Waals surface area (Å²) >= 11 is 0. The number of rotatable bonds is 17. The van der Waals surface area contributed by atoms with Crippen LogP contribution in [0.15, 0.2) is 12.2 Å². The second-order valence-corrected chi connectivity index (χ2v) is 6.50. The fourth-order valence-electron chi connectivity index (χ4n) is 2.67. The van der Waals surface area contributed by atoms with Crippen LogP contribution in [0.5, 0.6) is 0 Å². The van der Waals surface area contributed by atoms with Crippen LogP contribution in [0.4, 0.5) is 0 Å². The van der Waals surface area contributed by atoms with Gasteiger partial charge in [0.05, 0.1) is 6.61 Å². The Morgan fingerprint density at radius 2 is 1.12 bits per heavy atom. The van der Waals surface area contributed by atoms with Crippen LogP contribution < -0.4 is 5.73 Å². The summed E-state index contributed by atoms with van der Waals surface area (Å²) in [6.07, 6.45) is 20.3. The summed E-state index contributed by atoms with van der Waals surface area (Å²) in [6, 6.07) is 0. The molecule has 0 aliphatic heterocycles. The van der Waals surface area contributed by atoms with Crippen molar-refractivity contribution in [3.63, 3.8) is 0 Å². The van der Waals surface area contributed by atoms with E-state index in [9.17, 15) is 9.59 Å². The second-order valence-electron chi connectivity index (χ2n) is 6.50. The van der Waals surface area contributed by atoms with Crippen LogP contribution in [0.25, 0.3) is 0 Å². The lowest BCUT2D eigenvalue weighted by atomic mass is 10.0. The summed E-state index contributed by atoms with van der Waals surface area (Å²) in [4.78, 5) is 21.6. The Bertz CT molecular complexity index is 340. The molecule has 4 heteroatoms. The monoisotopic (exact) mass is 339 g/mol. The molecule has 0 fully saturated rings. The molecule has 0 atom stereocenters. The van der Waals surface area contributed by atoms with Crippen molar-refractivity contribution < 1.29 is 14.3 Å². The third-order valence-corrected chi connectivity index (χ3v) is 4.13. The van der Waals surface area contributed by atoms with Crippen molar-refractivity contribution in [1.29, 1.82) is 0 Å². The molecule has 2 N–H and O–H groups in total. The number of amides is 1. The molecule has 140 valence electrons. The Labute approximate surface area is 148 Å².